The van der Waals surface area contributed by atoms with E-state index in [2.05, 4.69) is 20.3 Å². The molecule has 0 saturated carbocycles. The molecule has 0 aliphatic rings. The number of aromatic nitrogens is 3. The Balaban J connectivity index is 2.00. The second kappa shape index (κ2) is 6.57. The summed E-state index contributed by atoms with van der Waals surface area (Å²) in [7, 11) is 1.56. The van der Waals surface area contributed by atoms with Crippen LogP contribution in [0.2, 0.25) is 5.02 Å². The van der Waals surface area contributed by atoms with Crippen molar-refractivity contribution < 1.29 is 9.13 Å². The topological polar surface area (TPSA) is 59.9 Å². The van der Waals surface area contributed by atoms with Crippen LogP contribution < -0.4 is 10.1 Å². The summed E-state index contributed by atoms with van der Waals surface area (Å²) in [5.41, 5.74) is 1.57. The first kappa shape index (κ1) is 16.4. The van der Waals surface area contributed by atoms with Crippen LogP contribution in [0.3, 0.4) is 0 Å². The fraction of sp³-hybridized carbons (Fsp3) is 0.235. The van der Waals surface area contributed by atoms with Crippen LogP contribution in [0, 0.1) is 12.7 Å². The van der Waals surface area contributed by atoms with Gasteiger partial charge in [-0.15, -0.1) is 0 Å². The van der Waals surface area contributed by atoms with E-state index in [4.69, 9.17) is 16.3 Å². The van der Waals surface area contributed by atoms with Gasteiger partial charge in [-0.25, -0.2) is 19.3 Å². The summed E-state index contributed by atoms with van der Waals surface area (Å²) in [6, 6.07) is 6.30. The molecule has 5 nitrogen and oxygen atoms in total. The van der Waals surface area contributed by atoms with E-state index in [1.54, 1.807) is 31.5 Å². The van der Waals surface area contributed by atoms with Crippen molar-refractivity contribution in [3.63, 3.8) is 0 Å². The van der Waals surface area contributed by atoms with Crippen LogP contribution in [-0.2, 0) is 0 Å². The van der Waals surface area contributed by atoms with Crippen LogP contribution in [0.1, 0.15) is 24.4 Å². The van der Waals surface area contributed by atoms with Crippen LogP contribution >= 0.6 is 11.6 Å². The highest BCUT2D eigenvalue weighted by Crippen LogP contribution is 2.28. The molecular weight excluding hydrogens is 331 g/mol. The van der Waals surface area contributed by atoms with Gasteiger partial charge in [0, 0.05) is 11.5 Å². The number of aryl methyl sites for hydroxylation is 1. The quantitative estimate of drug-likeness (QED) is 0.762. The van der Waals surface area contributed by atoms with Crippen molar-refractivity contribution in [3.8, 4) is 5.88 Å². The second-order valence-corrected chi connectivity index (χ2v) is 5.81. The second-order valence-electron chi connectivity index (χ2n) is 5.40. The zero-order chi connectivity index (χ0) is 17.3. The highest BCUT2D eigenvalue weighted by atomic mass is 35.5. The number of pyridine rings is 1. The van der Waals surface area contributed by atoms with E-state index < -0.39 is 5.82 Å². The molecule has 3 aromatic rings. The van der Waals surface area contributed by atoms with Crippen molar-refractivity contribution in [2.24, 2.45) is 0 Å². The summed E-state index contributed by atoms with van der Waals surface area (Å²) < 4.78 is 18.5. The molecule has 0 amide bonds. The summed E-state index contributed by atoms with van der Waals surface area (Å²) in [4.78, 5) is 13.0. The molecule has 2 aromatic heterocycles. The molecule has 0 aliphatic heterocycles. The molecule has 1 aromatic carbocycles. The Morgan fingerprint density at radius 3 is 2.75 bits per heavy atom. The van der Waals surface area contributed by atoms with E-state index >= 15 is 0 Å². The first-order chi connectivity index (χ1) is 11.5. The maximum Gasteiger partial charge on any atom is 0.213 e. The van der Waals surface area contributed by atoms with E-state index in [9.17, 15) is 4.39 Å². The summed E-state index contributed by atoms with van der Waals surface area (Å²) in [5.74, 6) is 1.33. The number of fused-ring (bicyclic) bond motifs is 1. The van der Waals surface area contributed by atoms with Crippen LogP contribution in [0.15, 0.2) is 30.5 Å². The van der Waals surface area contributed by atoms with Crippen LogP contribution in [0.5, 0.6) is 5.88 Å². The number of nitrogens with one attached hydrogen (secondary N) is 1. The Morgan fingerprint density at radius 2 is 2.04 bits per heavy atom. The van der Waals surface area contributed by atoms with Gasteiger partial charge in [0.05, 0.1) is 29.9 Å². The minimum Gasteiger partial charge on any atom is -0.481 e. The molecule has 0 radical (unpaired) electrons. The van der Waals surface area contributed by atoms with Gasteiger partial charge in [0.2, 0.25) is 5.88 Å². The zero-order valence-corrected chi connectivity index (χ0v) is 14.2. The maximum atomic E-state index is 13.3. The van der Waals surface area contributed by atoms with Gasteiger partial charge in [0.15, 0.2) is 0 Å². The normalized spacial score (nSPS) is 12.2. The Kier molecular flexibility index (Phi) is 4.49. The minimum absolute atomic E-state index is 0.0933. The molecule has 0 saturated heterocycles. The first-order valence-corrected chi connectivity index (χ1v) is 7.75. The van der Waals surface area contributed by atoms with E-state index in [0.29, 0.717) is 17.5 Å². The largest absolute Gasteiger partial charge is 0.481 e. The van der Waals surface area contributed by atoms with Crippen molar-refractivity contribution in [2.75, 3.05) is 12.4 Å². The molecule has 1 atom stereocenters. The molecule has 3 rings (SSSR count). The summed E-state index contributed by atoms with van der Waals surface area (Å²) in [6.07, 6.45) is 1.65. The van der Waals surface area contributed by atoms with Gasteiger partial charge in [0.1, 0.15) is 17.5 Å². The smallest absolute Gasteiger partial charge is 0.213 e. The monoisotopic (exact) mass is 346 g/mol. The first-order valence-electron chi connectivity index (χ1n) is 7.38. The SMILES string of the molecule is COc1cc2c(NC(C)c3ccc(F)c(Cl)c3)nc(C)nc2cn1. The molecule has 0 aliphatic carbocycles. The summed E-state index contributed by atoms with van der Waals surface area (Å²) in [6.45, 7) is 3.76. The molecule has 124 valence electrons. The average molecular weight is 347 g/mol. The minimum atomic E-state index is -0.438. The third-order valence-electron chi connectivity index (χ3n) is 3.67. The lowest BCUT2D eigenvalue weighted by Crippen LogP contribution is -2.10. The number of methoxy groups -OCH3 is 1. The third kappa shape index (κ3) is 3.23. The lowest BCUT2D eigenvalue weighted by atomic mass is 10.1. The maximum absolute atomic E-state index is 13.3. The molecule has 0 fully saturated rings. The number of nitrogens with zero attached hydrogens (tertiary/aromatic N) is 3. The van der Waals surface area contributed by atoms with Gasteiger partial charge in [-0.3, -0.25) is 0 Å². The Morgan fingerprint density at radius 1 is 1.25 bits per heavy atom. The standard InChI is InChI=1S/C17H16ClFN4O/c1-9(11-4-5-14(19)13(18)6-11)21-17-12-7-16(24-3)20-8-15(12)22-10(2)23-17/h4-9H,1-3H3,(H,21,22,23). The van der Waals surface area contributed by atoms with Crippen LogP contribution in [0.4, 0.5) is 10.2 Å². The number of hydrogen-bond donors (Lipinski definition) is 1. The molecule has 0 bridgehead atoms. The highest BCUT2D eigenvalue weighted by Gasteiger charge is 2.13. The number of anilines is 1. The van der Waals surface area contributed by atoms with E-state index in [1.807, 2.05) is 13.8 Å². The number of ether oxygens (including phenoxy) is 1. The van der Waals surface area contributed by atoms with Crippen molar-refractivity contribution in [2.45, 2.75) is 19.9 Å². The fourth-order valence-corrected chi connectivity index (χ4v) is 2.61. The third-order valence-corrected chi connectivity index (χ3v) is 3.96. The summed E-state index contributed by atoms with van der Waals surface area (Å²) in [5, 5.41) is 4.22. The fourth-order valence-electron chi connectivity index (χ4n) is 2.42. The van der Waals surface area contributed by atoms with E-state index in [0.717, 1.165) is 16.5 Å². The number of hydrogen-bond acceptors (Lipinski definition) is 5. The molecule has 1 N–H and O–H groups in total. The Hall–Kier alpha value is -2.47. The number of rotatable bonds is 4. The molecule has 2 heterocycles. The predicted molar refractivity (Wildman–Crippen MR) is 92.1 cm³/mol. The van der Waals surface area contributed by atoms with Crippen molar-refractivity contribution in [1.82, 2.24) is 15.0 Å². The van der Waals surface area contributed by atoms with Gasteiger partial charge in [-0.2, -0.15) is 0 Å². The molecule has 24 heavy (non-hydrogen) atoms. The molecule has 7 heteroatoms. The lowest BCUT2D eigenvalue weighted by molar-refractivity contribution is 0.398. The van der Waals surface area contributed by atoms with Gasteiger partial charge in [-0.1, -0.05) is 17.7 Å². The molecular formula is C17H16ClFN4O. The predicted octanol–water partition coefficient (Wildman–Crippen LogP) is 4.31. The van der Waals surface area contributed by atoms with E-state index in [-0.39, 0.29) is 11.1 Å². The molecule has 1 unspecified atom stereocenters. The van der Waals surface area contributed by atoms with Gasteiger partial charge in [-0.05, 0) is 31.5 Å². The van der Waals surface area contributed by atoms with Crippen LogP contribution in [0.25, 0.3) is 10.9 Å². The number of benzene rings is 1. The van der Waals surface area contributed by atoms with Gasteiger partial charge < -0.3 is 10.1 Å². The van der Waals surface area contributed by atoms with Gasteiger partial charge >= 0.3 is 0 Å². The van der Waals surface area contributed by atoms with E-state index in [1.165, 1.54) is 6.07 Å². The zero-order valence-electron chi connectivity index (χ0n) is 13.5. The van der Waals surface area contributed by atoms with Crippen molar-refractivity contribution in [3.05, 3.63) is 52.7 Å². The van der Waals surface area contributed by atoms with Crippen LogP contribution in [-0.4, -0.2) is 22.1 Å². The Labute approximate surface area is 143 Å². The summed E-state index contributed by atoms with van der Waals surface area (Å²) >= 11 is 5.87. The Bertz CT molecular complexity index is 903. The highest BCUT2D eigenvalue weighted by molar-refractivity contribution is 6.30. The molecule has 0 spiro atoms. The number of halogens is 2. The van der Waals surface area contributed by atoms with Gasteiger partial charge in [0.25, 0.3) is 0 Å². The van der Waals surface area contributed by atoms with Crippen molar-refractivity contribution >= 4 is 28.3 Å². The van der Waals surface area contributed by atoms with Crippen molar-refractivity contribution in [1.29, 1.82) is 0 Å². The lowest BCUT2D eigenvalue weighted by Gasteiger charge is -2.17. The average Bonchev–Trinajstić information content (AvgIpc) is 2.56.